The molecule has 0 aliphatic rings. The zero-order chi connectivity index (χ0) is 18.9. The quantitative estimate of drug-likeness (QED) is 0.184. The van der Waals surface area contributed by atoms with E-state index in [9.17, 15) is 4.79 Å². The molecule has 0 aromatic heterocycles. The second kappa shape index (κ2) is 15.7. The molecule has 0 amide bonds. The van der Waals surface area contributed by atoms with E-state index in [4.69, 9.17) is 4.74 Å². The zero-order valence-electron chi connectivity index (χ0n) is 16.9. The number of carbonyl (C=O) groups is 1. The molecule has 0 bridgehead atoms. The molecule has 1 aromatic carbocycles. The number of unbranched alkanes of at least 4 members (excludes halogenated alkanes) is 9. The molecule has 0 spiro atoms. The molecule has 0 N–H and O–H groups in total. The third kappa shape index (κ3) is 11.9. The van der Waals surface area contributed by atoms with E-state index in [2.05, 4.69) is 19.1 Å². The Morgan fingerprint density at radius 3 is 2.12 bits per heavy atom. The fourth-order valence-corrected chi connectivity index (χ4v) is 3.02. The van der Waals surface area contributed by atoms with Gasteiger partial charge in [-0.15, -0.1) is 0 Å². The second-order valence-electron chi connectivity index (χ2n) is 7.25. The maximum Gasteiger partial charge on any atom is 0.338 e. The van der Waals surface area contributed by atoms with Crippen molar-refractivity contribution in [1.29, 1.82) is 0 Å². The molecule has 2 nitrogen and oxygen atoms in total. The first kappa shape index (κ1) is 22.5. The van der Waals surface area contributed by atoms with Gasteiger partial charge in [-0.2, -0.15) is 0 Å². The molecule has 1 atom stereocenters. The van der Waals surface area contributed by atoms with Crippen LogP contribution in [0.25, 0.3) is 0 Å². The van der Waals surface area contributed by atoms with Gasteiger partial charge in [0.05, 0.1) is 11.7 Å². The minimum absolute atomic E-state index is 0.00204. The molecule has 146 valence electrons. The van der Waals surface area contributed by atoms with E-state index in [1.165, 1.54) is 64.2 Å². The second-order valence-corrected chi connectivity index (χ2v) is 7.25. The summed E-state index contributed by atoms with van der Waals surface area (Å²) in [6.07, 6.45) is 19.8. The average molecular weight is 359 g/mol. The van der Waals surface area contributed by atoms with Gasteiger partial charge >= 0.3 is 5.97 Å². The summed E-state index contributed by atoms with van der Waals surface area (Å²) in [5.41, 5.74) is 0.638. The molecule has 2 heteroatoms. The van der Waals surface area contributed by atoms with Gasteiger partial charge in [-0.1, -0.05) is 82.2 Å². The Labute approximate surface area is 161 Å². The Hall–Kier alpha value is -1.57. The van der Waals surface area contributed by atoms with Crippen LogP contribution in [-0.2, 0) is 4.74 Å². The van der Waals surface area contributed by atoms with Crippen molar-refractivity contribution < 1.29 is 9.53 Å². The van der Waals surface area contributed by atoms with E-state index in [0.717, 1.165) is 12.8 Å². The monoisotopic (exact) mass is 358 g/mol. The number of rotatable bonds is 15. The number of hydrogen-bond acceptors (Lipinski definition) is 2. The third-order valence-corrected chi connectivity index (χ3v) is 4.69. The molecule has 1 rings (SSSR count). The molecule has 0 fully saturated rings. The van der Waals surface area contributed by atoms with Crippen molar-refractivity contribution in [2.24, 2.45) is 0 Å². The van der Waals surface area contributed by atoms with Crippen LogP contribution in [0.4, 0.5) is 0 Å². The minimum Gasteiger partial charge on any atom is -0.459 e. The predicted octanol–water partition coefficient (Wildman–Crippen LogP) is 7.49. The molecule has 1 aromatic rings. The van der Waals surface area contributed by atoms with Gasteiger partial charge in [-0.3, -0.25) is 0 Å². The fourth-order valence-electron chi connectivity index (χ4n) is 3.02. The van der Waals surface area contributed by atoms with Crippen LogP contribution < -0.4 is 0 Å². The van der Waals surface area contributed by atoms with Crippen LogP contribution in [0.1, 0.15) is 101 Å². The molecule has 0 radical (unpaired) electrons. The van der Waals surface area contributed by atoms with Gasteiger partial charge in [0.15, 0.2) is 0 Å². The maximum absolute atomic E-state index is 12.0. The fraction of sp³-hybridized carbons (Fsp3) is 0.625. The van der Waals surface area contributed by atoms with E-state index < -0.39 is 0 Å². The van der Waals surface area contributed by atoms with Crippen LogP contribution in [0.5, 0.6) is 0 Å². The smallest absolute Gasteiger partial charge is 0.338 e. The molecule has 0 aliphatic heterocycles. The minimum atomic E-state index is -0.207. The van der Waals surface area contributed by atoms with Gasteiger partial charge < -0.3 is 4.74 Å². The number of allylic oxidation sites excluding steroid dienone is 2. The van der Waals surface area contributed by atoms with Crippen LogP contribution >= 0.6 is 0 Å². The van der Waals surface area contributed by atoms with E-state index >= 15 is 0 Å². The largest absolute Gasteiger partial charge is 0.459 e. The Morgan fingerprint density at radius 1 is 0.885 bits per heavy atom. The highest BCUT2D eigenvalue weighted by Crippen LogP contribution is 2.13. The predicted molar refractivity (Wildman–Crippen MR) is 112 cm³/mol. The van der Waals surface area contributed by atoms with Gasteiger partial charge in [-0.05, 0) is 51.2 Å². The van der Waals surface area contributed by atoms with Crippen molar-refractivity contribution >= 4 is 5.97 Å². The van der Waals surface area contributed by atoms with Crippen molar-refractivity contribution in [1.82, 2.24) is 0 Å². The Kier molecular flexibility index (Phi) is 13.5. The number of ether oxygens (including phenoxy) is 1. The molecule has 0 heterocycles. The van der Waals surface area contributed by atoms with Gasteiger partial charge in [0.2, 0.25) is 0 Å². The summed E-state index contributed by atoms with van der Waals surface area (Å²) < 4.78 is 5.50. The van der Waals surface area contributed by atoms with Crippen molar-refractivity contribution in [3.8, 4) is 0 Å². The van der Waals surface area contributed by atoms with Crippen LogP contribution in [0, 0.1) is 0 Å². The first-order valence-electron chi connectivity index (χ1n) is 10.6. The average Bonchev–Trinajstić information content (AvgIpc) is 2.66. The Bertz CT molecular complexity index is 478. The summed E-state index contributed by atoms with van der Waals surface area (Å²) in [5, 5.41) is 0. The number of carbonyl (C=O) groups excluding carboxylic acids is 1. The topological polar surface area (TPSA) is 26.3 Å². The summed E-state index contributed by atoms with van der Waals surface area (Å²) in [6, 6.07) is 9.24. The molecule has 0 aliphatic carbocycles. The highest BCUT2D eigenvalue weighted by Gasteiger charge is 2.10. The normalized spacial score (nSPS) is 12.4. The zero-order valence-corrected chi connectivity index (χ0v) is 16.9. The molecule has 0 saturated carbocycles. The first-order chi connectivity index (χ1) is 12.7. The molecular weight excluding hydrogens is 320 g/mol. The Morgan fingerprint density at radius 2 is 1.46 bits per heavy atom. The van der Waals surface area contributed by atoms with Gasteiger partial charge in [-0.25, -0.2) is 4.79 Å². The number of benzene rings is 1. The maximum atomic E-state index is 12.0. The van der Waals surface area contributed by atoms with E-state index in [1.807, 2.05) is 25.1 Å². The van der Waals surface area contributed by atoms with E-state index in [1.54, 1.807) is 12.1 Å². The third-order valence-electron chi connectivity index (χ3n) is 4.69. The van der Waals surface area contributed by atoms with Crippen LogP contribution in [0.2, 0.25) is 0 Å². The van der Waals surface area contributed by atoms with Crippen molar-refractivity contribution in [3.63, 3.8) is 0 Å². The van der Waals surface area contributed by atoms with E-state index in [0.29, 0.717) is 5.56 Å². The van der Waals surface area contributed by atoms with Gasteiger partial charge in [0.1, 0.15) is 0 Å². The molecule has 26 heavy (non-hydrogen) atoms. The van der Waals surface area contributed by atoms with Gasteiger partial charge in [0.25, 0.3) is 0 Å². The summed E-state index contributed by atoms with van der Waals surface area (Å²) in [7, 11) is 0. The first-order valence-corrected chi connectivity index (χ1v) is 10.6. The molecule has 1 unspecified atom stereocenters. The Balaban J connectivity index is 1.91. The number of hydrogen-bond donors (Lipinski definition) is 0. The lowest BCUT2D eigenvalue weighted by atomic mass is 10.1. The lowest BCUT2D eigenvalue weighted by Gasteiger charge is -2.13. The lowest BCUT2D eigenvalue weighted by Crippen LogP contribution is -2.14. The summed E-state index contributed by atoms with van der Waals surface area (Å²) >= 11 is 0. The van der Waals surface area contributed by atoms with Crippen LogP contribution in [0.3, 0.4) is 0 Å². The standard InChI is InChI=1S/C24H38O2/c1-3-4-5-6-7-8-9-10-11-12-13-14-16-19-22(2)26-24(25)23-20-17-15-18-21-23/h6-7,15,17-18,20-22H,3-5,8-14,16,19H2,1-2H3. The van der Waals surface area contributed by atoms with E-state index in [-0.39, 0.29) is 12.1 Å². The number of esters is 1. The summed E-state index contributed by atoms with van der Waals surface area (Å²) in [6.45, 7) is 4.24. The summed E-state index contributed by atoms with van der Waals surface area (Å²) in [4.78, 5) is 12.0. The highest BCUT2D eigenvalue weighted by molar-refractivity contribution is 5.89. The van der Waals surface area contributed by atoms with Crippen molar-refractivity contribution in [2.45, 2.75) is 97.0 Å². The summed E-state index contributed by atoms with van der Waals surface area (Å²) in [5.74, 6) is -0.207. The SMILES string of the molecule is CCCCC=CCCCCCCCCCC(C)OC(=O)c1ccccc1. The molecule has 0 saturated heterocycles. The highest BCUT2D eigenvalue weighted by atomic mass is 16.5. The molecular formula is C24H38O2. The van der Waals surface area contributed by atoms with Crippen LogP contribution in [0.15, 0.2) is 42.5 Å². The van der Waals surface area contributed by atoms with Crippen molar-refractivity contribution in [2.75, 3.05) is 0 Å². The lowest BCUT2D eigenvalue weighted by molar-refractivity contribution is 0.0319. The van der Waals surface area contributed by atoms with Crippen molar-refractivity contribution in [3.05, 3.63) is 48.0 Å². The van der Waals surface area contributed by atoms with Crippen LogP contribution in [-0.4, -0.2) is 12.1 Å². The van der Waals surface area contributed by atoms with Gasteiger partial charge in [0, 0.05) is 0 Å².